The maximum absolute atomic E-state index is 12.5. The SMILES string of the molecule is C=CCOc1cc(C)c(C)cc1C(=O)N(CC)CC. The molecule has 0 atom stereocenters. The Hall–Kier alpha value is -1.77. The predicted octanol–water partition coefficient (Wildman–Crippen LogP) is 3.35. The molecule has 0 aliphatic heterocycles. The Bertz CT molecular complexity index is 462. The van der Waals surface area contributed by atoms with Gasteiger partial charge >= 0.3 is 0 Å². The molecule has 3 nitrogen and oxygen atoms in total. The van der Waals surface area contributed by atoms with E-state index in [4.69, 9.17) is 4.74 Å². The van der Waals surface area contributed by atoms with Crippen molar-refractivity contribution in [3.63, 3.8) is 0 Å². The van der Waals surface area contributed by atoms with Crippen LogP contribution in [-0.4, -0.2) is 30.5 Å². The maximum Gasteiger partial charge on any atom is 0.257 e. The first-order valence-electron chi connectivity index (χ1n) is 6.69. The van der Waals surface area contributed by atoms with Gasteiger partial charge in [0.05, 0.1) is 5.56 Å². The van der Waals surface area contributed by atoms with Crippen LogP contribution in [0, 0.1) is 13.8 Å². The van der Waals surface area contributed by atoms with Crippen LogP contribution >= 0.6 is 0 Å². The fourth-order valence-electron chi connectivity index (χ4n) is 1.91. The van der Waals surface area contributed by atoms with E-state index < -0.39 is 0 Å². The van der Waals surface area contributed by atoms with Crippen molar-refractivity contribution in [1.29, 1.82) is 0 Å². The first-order chi connectivity index (χ1) is 9.04. The average molecular weight is 261 g/mol. The summed E-state index contributed by atoms with van der Waals surface area (Å²) in [4.78, 5) is 14.3. The van der Waals surface area contributed by atoms with Crippen LogP contribution in [0.25, 0.3) is 0 Å². The van der Waals surface area contributed by atoms with E-state index >= 15 is 0 Å². The molecule has 1 rings (SSSR count). The Morgan fingerprint density at radius 2 is 1.84 bits per heavy atom. The third kappa shape index (κ3) is 3.60. The second kappa shape index (κ2) is 6.98. The van der Waals surface area contributed by atoms with Crippen LogP contribution in [0.4, 0.5) is 0 Å². The highest BCUT2D eigenvalue weighted by atomic mass is 16.5. The fraction of sp³-hybridized carbons (Fsp3) is 0.438. The molecule has 3 heteroatoms. The normalized spacial score (nSPS) is 10.1. The summed E-state index contributed by atoms with van der Waals surface area (Å²) in [5, 5.41) is 0. The lowest BCUT2D eigenvalue weighted by Gasteiger charge is -2.21. The van der Waals surface area contributed by atoms with Crippen LogP contribution in [0.15, 0.2) is 24.8 Å². The molecule has 0 bridgehead atoms. The first-order valence-corrected chi connectivity index (χ1v) is 6.69. The summed E-state index contributed by atoms with van der Waals surface area (Å²) >= 11 is 0. The number of aryl methyl sites for hydroxylation is 2. The van der Waals surface area contributed by atoms with Gasteiger partial charge in [-0.15, -0.1) is 0 Å². The van der Waals surface area contributed by atoms with Gasteiger partial charge in [-0.25, -0.2) is 0 Å². The molecule has 0 heterocycles. The third-order valence-corrected chi connectivity index (χ3v) is 3.23. The molecule has 19 heavy (non-hydrogen) atoms. The molecular weight excluding hydrogens is 238 g/mol. The second-order valence-electron chi connectivity index (χ2n) is 4.51. The van der Waals surface area contributed by atoms with Gasteiger partial charge in [0.1, 0.15) is 12.4 Å². The van der Waals surface area contributed by atoms with E-state index in [0.717, 1.165) is 11.1 Å². The number of benzene rings is 1. The molecule has 104 valence electrons. The van der Waals surface area contributed by atoms with Gasteiger partial charge in [-0.1, -0.05) is 12.7 Å². The van der Waals surface area contributed by atoms with Crippen LogP contribution in [0.5, 0.6) is 5.75 Å². The van der Waals surface area contributed by atoms with Crippen LogP contribution in [-0.2, 0) is 0 Å². The lowest BCUT2D eigenvalue weighted by atomic mass is 10.0. The van der Waals surface area contributed by atoms with Crippen LogP contribution in [0.3, 0.4) is 0 Å². The lowest BCUT2D eigenvalue weighted by Crippen LogP contribution is -2.31. The third-order valence-electron chi connectivity index (χ3n) is 3.23. The van der Waals surface area contributed by atoms with Crippen molar-refractivity contribution in [1.82, 2.24) is 4.90 Å². The van der Waals surface area contributed by atoms with Gasteiger partial charge in [-0.3, -0.25) is 4.79 Å². The number of carbonyl (C=O) groups is 1. The number of rotatable bonds is 6. The number of ether oxygens (including phenoxy) is 1. The molecule has 1 aromatic rings. The van der Waals surface area contributed by atoms with E-state index in [2.05, 4.69) is 6.58 Å². The molecule has 0 aliphatic carbocycles. The summed E-state index contributed by atoms with van der Waals surface area (Å²) in [5.74, 6) is 0.659. The summed E-state index contributed by atoms with van der Waals surface area (Å²) in [7, 11) is 0. The van der Waals surface area contributed by atoms with Gasteiger partial charge in [-0.2, -0.15) is 0 Å². The maximum atomic E-state index is 12.5. The topological polar surface area (TPSA) is 29.5 Å². The summed E-state index contributed by atoms with van der Waals surface area (Å²) in [5.41, 5.74) is 2.85. The van der Waals surface area contributed by atoms with E-state index in [-0.39, 0.29) is 5.91 Å². The summed E-state index contributed by atoms with van der Waals surface area (Å²) in [6, 6.07) is 3.84. The minimum absolute atomic E-state index is 0.0205. The molecule has 0 N–H and O–H groups in total. The molecule has 0 radical (unpaired) electrons. The zero-order chi connectivity index (χ0) is 14.4. The van der Waals surface area contributed by atoms with E-state index in [1.807, 2.05) is 39.8 Å². The zero-order valence-corrected chi connectivity index (χ0v) is 12.3. The number of hydrogen-bond donors (Lipinski definition) is 0. The van der Waals surface area contributed by atoms with Gasteiger partial charge in [0.2, 0.25) is 0 Å². The van der Waals surface area contributed by atoms with E-state index in [1.165, 1.54) is 0 Å². The monoisotopic (exact) mass is 261 g/mol. The van der Waals surface area contributed by atoms with Gasteiger partial charge in [0.15, 0.2) is 0 Å². The van der Waals surface area contributed by atoms with Crippen molar-refractivity contribution in [2.75, 3.05) is 19.7 Å². The minimum atomic E-state index is 0.0205. The molecule has 0 unspecified atom stereocenters. The molecule has 1 aromatic carbocycles. The zero-order valence-electron chi connectivity index (χ0n) is 12.3. The molecule has 0 saturated heterocycles. The second-order valence-corrected chi connectivity index (χ2v) is 4.51. The number of nitrogens with zero attached hydrogens (tertiary/aromatic N) is 1. The quantitative estimate of drug-likeness (QED) is 0.735. The minimum Gasteiger partial charge on any atom is -0.489 e. The predicted molar refractivity (Wildman–Crippen MR) is 78.9 cm³/mol. The molecule has 0 fully saturated rings. The van der Waals surface area contributed by atoms with Gasteiger partial charge in [0, 0.05) is 13.1 Å². The summed E-state index contributed by atoms with van der Waals surface area (Å²) in [6.45, 7) is 13.4. The van der Waals surface area contributed by atoms with Gasteiger partial charge in [0.25, 0.3) is 5.91 Å². The molecule has 0 spiro atoms. The Morgan fingerprint density at radius 3 is 2.37 bits per heavy atom. The average Bonchev–Trinajstić information content (AvgIpc) is 2.40. The van der Waals surface area contributed by atoms with Crippen molar-refractivity contribution in [2.45, 2.75) is 27.7 Å². The van der Waals surface area contributed by atoms with Crippen molar-refractivity contribution >= 4 is 5.91 Å². The van der Waals surface area contributed by atoms with Crippen LogP contribution in [0.2, 0.25) is 0 Å². The first kappa shape index (κ1) is 15.3. The highest BCUT2D eigenvalue weighted by Gasteiger charge is 2.18. The van der Waals surface area contributed by atoms with Crippen LogP contribution < -0.4 is 4.74 Å². The number of amides is 1. The van der Waals surface area contributed by atoms with E-state index in [0.29, 0.717) is 31.0 Å². The van der Waals surface area contributed by atoms with Crippen molar-refractivity contribution in [2.24, 2.45) is 0 Å². The smallest absolute Gasteiger partial charge is 0.257 e. The van der Waals surface area contributed by atoms with E-state index in [1.54, 1.807) is 11.0 Å². The molecule has 0 aromatic heterocycles. The summed E-state index contributed by atoms with van der Waals surface area (Å²) in [6.07, 6.45) is 1.68. The Kier molecular flexibility index (Phi) is 5.61. The van der Waals surface area contributed by atoms with Crippen molar-refractivity contribution < 1.29 is 9.53 Å². The van der Waals surface area contributed by atoms with Gasteiger partial charge < -0.3 is 9.64 Å². The number of hydrogen-bond acceptors (Lipinski definition) is 2. The Labute approximate surface area is 115 Å². The Balaban J connectivity index is 3.19. The molecule has 0 aliphatic rings. The highest BCUT2D eigenvalue weighted by Crippen LogP contribution is 2.25. The standard InChI is InChI=1S/C16H23NO2/c1-6-9-19-15-11-13(5)12(4)10-14(15)16(18)17(7-2)8-3/h6,10-11H,1,7-9H2,2-5H3. The molecule has 1 amide bonds. The lowest BCUT2D eigenvalue weighted by molar-refractivity contribution is 0.0769. The Morgan fingerprint density at radius 1 is 1.26 bits per heavy atom. The fourth-order valence-corrected chi connectivity index (χ4v) is 1.91. The summed E-state index contributed by atoms with van der Waals surface area (Å²) < 4.78 is 5.62. The molecular formula is C16H23NO2. The van der Waals surface area contributed by atoms with Crippen molar-refractivity contribution in [3.8, 4) is 5.75 Å². The molecule has 0 saturated carbocycles. The van der Waals surface area contributed by atoms with Gasteiger partial charge in [-0.05, 0) is 51.0 Å². The highest BCUT2D eigenvalue weighted by molar-refractivity contribution is 5.97. The van der Waals surface area contributed by atoms with Crippen molar-refractivity contribution in [3.05, 3.63) is 41.5 Å². The number of carbonyl (C=O) groups excluding carboxylic acids is 1. The van der Waals surface area contributed by atoms with E-state index in [9.17, 15) is 4.79 Å². The largest absolute Gasteiger partial charge is 0.489 e. The van der Waals surface area contributed by atoms with Crippen LogP contribution in [0.1, 0.15) is 35.3 Å².